The molecule has 0 rings (SSSR count). The molecule has 0 aliphatic rings. The highest BCUT2D eigenvalue weighted by Gasteiger charge is 2.11. The van der Waals surface area contributed by atoms with Gasteiger partial charge in [0.2, 0.25) is 0 Å². The SMILES string of the molecule is CC=CC(=O)OC(C)CCC(CC)CCCC. The van der Waals surface area contributed by atoms with E-state index < -0.39 is 0 Å². The molecule has 2 unspecified atom stereocenters. The molecule has 0 saturated carbocycles. The minimum Gasteiger partial charge on any atom is -0.460 e. The predicted molar refractivity (Wildman–Crippen MR) is 72.9 cm³/mol. The quantitative estimate of drug-likeness (QED) is 0.438. The van der Waals surface area contributed by atoms with Gasteiger partial charge in [-0.3, -0.25) is 0 Å². The maximum atomic E-state index is 11.2. The summed E-state index contributed by atoms with van der Waals surface area (Å²) in [4.78, 5) is 11.2. The average molecular weight is 240 g/mol. The molecule has 0 aliphatic carbocycles. The summed E-state index contributed by atoms with van der Waals surface area (Å²) < 4.78 is 5.26. The summed E-state index contributed by atoms with van der Waals surface area (Å²) in [6, 6.07) is 0. The van der Waals surface area contributed by atoms with Crippen LogP contribution < -0.4 is 0 Å². The van der Waals surface area contributed by atoms with Crippen molar-refractivity contribution in [2.24, 2.45) is 5.92 Å². The van der Waals surface area contributed by atoms with Gasteiger partial charge in [0, 0.05) is 6.08 Å². The molecule has 0 N–H and O–H groups in total. The monoisotopic (exact) mass is 240 g/mol. The zero-order chi connectivity index (χ0) is 13.1. The minimum absolute atomic E-state index is 0.0365. The van der Waals surface area contributed by atoms with Gasteiger partial charge in [-0.15, -0.1) is 0 Å². The molecule has 0 heterocycles. The van der Waals surface area contributed by atoms with Gasteiger partial charge in [-0.05, 0) is 32.6 Å². The van der Waals surface area contributed by atoms with Gasteiger partial charge in [0.25, 0.3) is 0 Å². The second-order valence-corrected chi connectivity index (χ2v) is 4.74. The lowest BCUT2D eigenvalue weighted by Gasteiger charge is -2.17. The van der Waals surface area contributed by atoms with Crippen LogP contribution >= 0.6 is 0 Å². The van der Waals surface area contributed by atoms with Crippen molar-refractivity contribution in [2.75, 3.05) is 0 Å². The number of allylic oxidation sites excluding steroid dienone is 1. The van der Waals surface area contributed by atoms with Crippen LogP contribution in [0.2, 0.25) is 0 Å². The molecule has 0 spiro atoms. The molecule has 100 valence electrons. The van der Waals surface area contributed by atoms with E-state index in [4.69, 9.17) is 4.74 Å². The first kappa shape index (κ1) is 16.2. The van der Waals surface area contributed by atoms with Crippen LogP contribution in [-0.2, 0) is 9.53 Å². The van der Waals surface area contributed by atoms with E-state index in [-0.39, 0.29) is 12.1 Å². The third kappa shape index (κ3) is 8.96. The zero-order valence-corrected chi connectivity index (χ0v) is 11.9. The second-order valence-electron chi connectivity index (χ2n) is 4.74. The third-order valence-corrected chi connectivity index (χ3v) is 3.14. The standard InChI is InChI=1S/C15H28O2/c1-5-8-10-14(7-3)12-11-13(4)17-15(16)9-6-2/h6,9,13-14H,5,7-8,10-12H2,1-4H3. The average Bonchev–Trinajstić information content (AvgIpc) is 2.29. The molecule has 0 radical (unpaired) electrons. The van der Waals surface area contributed by atoms with Crippen molar-refractivity contribution in [1.29, 1.82) is 0 Å². The maximum Gasteiger partial charge on any atom is 0.330 e. The Bertz CT molecular complexity index is 221. The van der Waals surface area contributed by atoms with Gasteiger partial charge >= 0.3 is 5.97 Å². The first-order valence-electron chi connectivity index (χ1n) is 6.97. The Labute approximate surface area is 106 Å². The molecular weight excluding hydrogens is 212 g/mol. The van der Waals surface area contributed by atoms with Crippen LogP contribution in [-0.4, -0.2) is 12.1 Å². The van der Waals surface area contributed by atoms with Gasteiger partial charge in [0.15, 0.2) is 0 Å². The summed E-state index contributed by atoms with van der Waals surface area (Å²) in [7, 11) is 0. The first-order chi connectivity index (χ1) is 8.13. The fourth-order valence-electron chi connectivity index (χ4n) is 1.95. The maximum absolute atomic E-state index is 11.2. The number of unbranched alkanes of at least 4 members (excludes halogenated alkanes) is 1. The number of hydrogen-bond donors (Lipinski definition) is 0. The Hall–Kier alpha value is -0.790. The van der Waals surface area contributed by atoms with Gasteiger partial charge in [-0.1, -0.05) is 45.6 Å². The number of rotatable bonds is 9. The molecule has 2 atom stereocenters. The molecule has 2 heteroatoms. The summed E-state index contributed by atoms with van der Waals surface area (Å²) in [5.41, 5.74) is 0. The van der Waals surface area contributed by atoms with Crippen LogP contribution in [0, 0.1) is 5.92 Å². The van der Waals surface area contributed by atoms with Crippen LogP contribution in [0.5, 0.6) is 0 Å². The van der Waals surface area contributed by atoms with Crippen molar-refractivity contribution in [1.82, 2.24) is 0 Å². The molecule has 0 fully saturated rings. The lowest BCUT2D eigenvalue weighted by Crippen LogP contribution is -2.14. The molecule has 0 amide bonds. The van der Waals surface area contributed by atoms with Crippen LogP contribution in [0.15, 0.2) is 12.2 Å². The fourth-order valence-corrected chi connectivity index (χ4v) is 1.95. The van der Waals surface area contributed by atoms with Gasteiger partial charge < -0.3 is 4.74 Å². The van der Waals surface area contributed by atoms with E-state index in [9.17, 15) is 4.79 Å². The van der Waals surface area contributed by atoms with E-state index in [2.05, 4.69) is 13.8 Å². The van der Waals surface area contributed by atoms with Gasteiger partial charge in [-0.25, -0.2) is 4.79 Å². The van der Waals surface area contributed by atoms with E-state index in [0.29, 0.717) is 0 Å². The van der Waals surface area contributed by atoms with E-state index >= 15 is 0 Å². The summed E-state index contributed by atoms with van der Waals surface area (Å²) in [6.45, 7) is 8.28. The predicted octanol–water partition coefficient (Wildman–Crippen LogP) is 4.49. The number of hydrogen-bond acceptors (Lipinski definition) is 2. The van der Waals surface area contributed by atoms with Crippen molar-refractivity contribution < 1.29 is 9.53 Å². The van der Waals surface area contributed by atoms with E-state index in [0.717, 1.165) is 12.3 Å². The molecule has 0 aromatic carbocycles. The van der Waals surface area contributed by atoms with Crippen molar-refractivity contribution in [3.05, 3.63) is 12.2 Å². The largest absolute Gasteiger partial charge is 0.460 e. The highest BCUT2D eigenvalue weighted by atomic mass is 16.5. The van der Waals surface area contributed by atoms with E-state index in [1.807, 2.05) is 13.8 Å². The van der Waals surface area contributed by atoms with Gasteiger partial charge in [-0.2, -0.15) is 0 Å². The number of esters is 1. The molecule has 0 aromatic rings. The lowest BCUT2D eigenvalue weighted by atomic mass is 9.93. The summed E-state index contributed by atoms with van der Waals surface area (Å²) in [5.74, 6) is 0.569. The molecule has 0 aromatic heterocycles. The number of carbonyl (C=O) groups excluding carboxylic acids is 1. The second kappa shape index (κ2) is 10.4. The highest BCUT2D eigenvalue weighted by molar-refractivity contribution is 5.81. The van der Waals surface area contributed by atoms with Crippen LogP contribution in [0.4, 0.5) is 0 Å². The molecule has 17 heavy (non-hydrogen) atoms. The first-order valence-corrected chi connectivity index (χ1v) is 6.97. The normalized spacial score (nSPS) is 14.8. The molecule has 0 aliphatic heterocycles. The molecule has 2 nitrogen and oxygen atoms in total. The van der Waals surface area contributed by atoms with E-state index in [1.54, 1.807) is 6.08 Å². The minimum atomic E-state index is -0.221. The fraction of sp³-hybridized carbons (Fsp3) is 0.800. The summed E-state index contributed by atoms with van der Waals surface area (Å²) in [5, 5.41) is 0. The van der Waals surface area contributed by atoms with Gasteiger partial charge in [0.1, 0.15) is 0 Å². The van der Waals surface area contributed by atoms with Crippen LogP contribution in [0.25, 0.3) is 0 Å². The van der Waals surface area contributed by atoms with Crippen LogP contribution in [0.3, 0.4) is 0 Å². The Morgan fingerprint density at radius 2 is 1.94 bits per heavy atom. The van der Waals surface area contributed by atoms with Crippen molar-refractivity contribution >= 4 is 5.97 Å². The third-order valence-electron chi connectivity index (χ3n) is 3.14. The number of ether oxygens (including phenoxy) is 1. The topological polar surface area (TPSA) is 26.3 Å². The molecule has 0 bridgehead atoms. The smallest absolute Gasteiger partial charge is 0.330 e. The van der Waals surface area contributed by atoms with Crippen molar-refractivity contribution in [3.63, 3.8) is 0 Å². The van der Waals surface area contributed by atoms with Crippen LogP contribution in [0.1, 0.15) is 66.2 Å². The Balaban J connectivity index is 3.79. The molecule has 0 saturated heterocycles. The highest BCUT2D eigenvalue weighted by Crippen LogP contribution is 2.20. The Morgan fingerprint density at radius 3 is 2.47 bits per heavy atom. The van der Waals surface area contributed by atoms with Gasteiger partial charge in [0.05, 0.1) is 6.10 Å². The summed E-state index contributed by atoms with van der Waals surface area (Å²) in [6.07, 6.45) is 10.5. The van der Waals surface area contributed by atoms with Crippen molar-refractivity contribution in [2.45, 2.75) is 72.3 Å². The molecular formula is C15H28O2. The zero-order valence-electron chi connectivity index (χ0n) is 11.9. The number of carbonyl (C=O) groups is 1. The Morgan fingerprint density at radius 1 is 1.24 bits per heavy atom. The lowest BCUT2D eigenvalue weighted by molar-refractivity contribution is -0.142. The van der Waals surface area contributed by atoms with E-state index in [1.165, 1.54) is 38.2 Å². The Kier molecular flexibility index (Phi) is 9.89. The van der Waals surface area contributed by atoms with Crippen molar-refractivity contribution in [3.8, 4) is 0 Å². The summed E-state index contributed by atoms with van der Waals surface area (Å²) >= 11 is 0.